The van der Waals surface area contributed by atoms with Crippen molar-refractivity contribution in [1.29, 1.82) is 0 Å². The van der Waals surface area contributed by atoms with Crippen LogP contribution < -0.4 is 0 Å². The summed E-state index contributed by atoms with van der Waals surface area (Å²) in [5.74, 6) is -0.959. The van der Waals surface area contributed by atoms with Crippen LogP contribution in [-0.2, 0) is 6.18 Å². The van der Waals surface area contributed by atoms with E-state index in [1.807, 2.05) is 0 Å². The Morgan fingerprint density at radius 1 is 1.11 bits per heavy atom. The van der Waals surface area contributed by atoms with Crippen molar-refractivity contribution in [3.05, 3.63) is 46.1 Å². The van der Waals surface area contributed by atoms with Crippen LogP contribution in [0.15, 0.2) is 30.5 Å². The first-order chi connectivity index (χ1) is 8.80. The van der Waals surface area contributed by atoms with Crippen molar-refractivity contribution in [3.63, 3.8) is 0 Å². The number of hydrogen-bond donors (Lipinski definition) is 1. The van der Waals surface area contributed by atoms with Crippen LogP contribution in [-0.4, -0.2) is 10.1 Å². The van der Waals surface area contributed by atoms with Crippen molar-refractivity contribution in [1.82, 2.24) is 4.98 Å². The maximum absolute atomic E-state index is 12.7. The Kier molecular flexibility index (Phi) is 3.60. The molecular formula is C12H6Cl2F3NO. The molecule has 0 aliphatic rings. The maximum Gasteiger partial charge on any atom is 0.420 e. The minimum Gasteiger partial charge on any atom is -0.505 e. The molecule has 0 saturated carbocycles. The van der Waals surface area contributed by atoms with Gasteiger partial charge in [0.25, 0.3) is 0 Å². The van der Waals surface area contributed by atoms with Crippen LogP contribution in [0.4, 0.5) is 13.2 Å². The number of hydrogen-bond acceptors (Lipinski definition) is 2. The summed E-state index contributed by atoms with van der Waals surface area (Å²) >= 11 is 11.6. The second-order valence-corrected chi connectivity index (χ2v) is 4.52. The Balaban J connectivity index is 2.64. The van der Waals surface area contributed by atoms with Gasteiger partial charge in [-0.2, -0.15) is 13.2 Å². The molecule has 100 valence electrons. The number of aromatic nitrogens is 1. The van der Waals surface area contributed by atoms with Crippen LogP contribution in [0.5, 0.6) is 5.75 Å². The average Bonchev–Trinajstić information content (AvgIpc) is 2.28. The number of halogens is 5. The second kappa shape index (κ2) is 4.90. The fourth-order valence-corrected chi connectivity index (χ4v) is 2.06. The van der Waals surface area contributed by atoms with Gasteiger partial charge in [0.1, 0.15) is 11.3 Å². The molecule has 0 spiro atoms. The van der Waals surface area contributed by atoms with Gasteiger partial charge in [0.15, 0.2) is 5.75 Å². The molecule has 0 bridgehead atoms. The molecule has 0 saturated heterocycles. The van der Waals surface area contributed by atoms with Gasteiger partial charge in [-0.05, 0) is 24.3 Å². The molecule has 0 aliphatic carbocycles. The van der Waals surface area contributed by atoms with Crippen molar-refractivity contribution >= 4 is 23.2 Å². The van der Waals surface area contributed by atoms with E-state index < -0.39 is 17.5 Å². The highest BCUT2D eigenvalue weighted by atomic mass is 35.5. The van der Waals surface area contributed by atoms with Gasteiger partial charge in [0, 0.05) is 16.8 Å². The standard InChI is InChI=1S/C12H6Cl2F3NO/c13-6-1-2-7(9(14)5-6)10-11(19)8(3-4-18-10)12(15,16)17/h1-5,19H. The van der Waals surface area contributed by atoms with E-state index in [-0.39, 0.29) is 16.3 Å². The Morgan fingerprint density at radius 3 is 2.37 bits per heavy atom. The first-order valence-corrected chi connectivity index (χ1v) is 5.77. The van der Waals surface area contributed by atoms with Gasteiger partial charge in [0.2, 0.25) is 0 Å². The summed E-state index contributed by atoms with van der Waals surface area (Å²) in [6.45, 7) is 0. The van der Waals surface area contributed by atoms with Crippen LogP contribution in [0.25, 0.3) is 11.3 Å². The fraction of sp³-hybridized carbons (Fsp3) is 0.0833. The van der Waals surface area contributed by atoms with Crippen molar-refractivity contribution in [3.8, 4) is 17.0 Å². The predicted molar refractivity (Wildman–Crippen MR) is 66.4 cm³/mol. The lowest BCUT2D eigenvalue weighted by Crippen LogP contribution is -2.06. The molecule has 0 radical (unpaired) electrons. The first kappa shape index (κ1) is 14.0. The number of benzene rings is 1. The third-order valence-corrected chi connectivity index (χ3v) is 2.96. The Labute approximate surface area is 116 Å². The molecule has 1 aromatic carbocycles. The molecule has 1 heterocycles. The van der Waals surface area contributed by atoms with E-state index >= 15 is 0 Å². The van der Waals surface area contributed by atoms with Crippen molar-refractivity contribution < 1.29 is 18.3 Å². The zero-order valence-electron chi connectivity index (χ0n) is 9.17. The van der Waals surface area contributed by atoms with Crippen LogP contribution in [0.1, 0.15) is 5.56 Å². The van der Waals surface area contributed by atoms with E-state index in [0.29, 0.717) is 11.1 Å². The normalized spacial score (nSPS) is 11.6. The number of alkyl halides is 3. The fourth-order valence-electron chi connectivity index (χ4n) is 1.56. The van der Waals surface area contributed by atoms with E-state index in [1.165, 1.54) is 18.2 Å². The van der Waals surface area contributed by atoms with Gasteiger partial charge >= 0.3 is 6.18 Å². The van der Waals surface area contributed by atoms with Crippen molar-refractivity contribution in [2.75, 3.05) is 0 Å². The largest absolute Gasteiger partial charge is 0.505 e. The zero-order valence-corrected chi connectivity index (χ0v) is 10.7. The number of rotatable bonds is 1. The molecule has 2 rings (SSSR count). The van der Waals surface area contributed by atoms with Crippen LogP contribution in [0.3, 0.4) is 0 Å². The van der Waals surface area contributed by atoms with Gasteiger partial charge in [-0.15, -0.1) is 0 Å². The van der Waals surface area contributed by atoms with Crippen LogP contribution in [0, 0.1) is 0 Å². The van der Waals surface area contributed by atoms with E-state index in [2.05, 4.69) is 4.98 Å². The van der Waals surface area contributed by atoms with Crippen molar-refractivity contribution in [2.24, 2.45) is 0 Å². The summed E-state index contributed by atoms with van der Waals surface area (Å²) in [4.78, 5) is 3.74. The van der Waals surface area contributed by atoms with Gasteiger partial charge < -0.3 is 5.11 Å². The summed E-state index contributed by atoms with van der Waals surface area (Å²) in [6.07, 6.45) is -3.70. The molecule has 7 heteroatoms. The average molecular weight is 308 g/mol. The molecule has 2 nitrogen and oxygen atoms in total. The minimum atomic E-state index is -4.67. The molecule has 0 fully saturated rings. The zero-order chi connectivity index (χ0) is 14.2. The Bertz CT molecular complexity index is 629. The van der Waals surface area contributed by atoms with Gasteiger partial charge in [-0.1, -0.05) is 23.2 Å². The van der Waals surface area contributed by atoms with Crippen molar-refractivity contribution in [2.45, 2.75) is 6.18 Å². The van der Waals surface area contributed by atoms with E-state index in [0.717, 1.165) is 6.20 Å². The van der Waals surface area contributed by atoms with Gasteiger partial charge in [-0.25, -0.2) is 0 Å². The molecule has 19 heavy (non-hydrogen) atoms. The molecule has 2 aromatic rings. The van der Waals surface area contributed by atoms with Crippen LogP contribution >= 0.6 is 23.2 Å². The maximum atomic E-state index is 12.7. The molecule has 1 N–H and O–H groups in total. The Morgan fingerprint density at radius 2 is 1.79 bits per heavy atom. The number of aromatic hydroxyl groups is 1. The summed E-state index contributed by atoms with van der Waals surface area (Å²) < 4.78 is 38.0. The highest BCUT2D eigenvalue weighted by molar-refractivity contribution is 6.36. The van der Waals surface area contributed by atoms with Gasteiger partial charge in [0.05, 0.1) is 5.02 Å². The SMILES string of the molecule is Oc1c(C(F)(F)F)ccnc1-c1ccc(Cl)cc1Cl. The lowest BCUT2D eigenvalue weighted by Gasteiger charge is -2.12. The quantitative estimate of drug-likeness (QED) is 0.822. The molecule has 0 atom stereocenters. The van der Waals surface area contributed by atoms with Crippen LogP contribution in [0.2, 0.25) is 10.0 Å². The number of pyridine rings is 1. The highest BCUT2D eigenvalue weighted by Crippen LogP contribution is 2.41. The second-order valence-electron chi connectivity index (χ2n) is 3.68. The smallest absolute Gasteiger partial charge is 0.420 e. The number of nitrogens with zero attached hydrogens (tertiary/aromatic N) is 1. The lowest BCUT2D eigenvalue weighted by atomic mass is 10.1. The summed E-state index contributed by atoms with van der Waals surface area (Å²) in [7, 11) is 0. The minimum absolute atomic E-state index is 0.106. The molecular weight excluding hydrogens is 302 g/mol. The lowest BCUT2D eigenvalue weighted by molar-refractivity contribution is -0.138. The highest BCUT2D eigenvalue weighted by Gasteiger charge is 2.35. The van der Waals surface area contributed by atoms with Gasteiger partial charge in [-0.3, -0.25) is 4.98 Å². The Hall–Kier alpha value is -1.46. The first-order valence-electron chi connectivity index (χ1n) is 5.01. The third-order valence-electron chi connectivity index (χ3n) is 2.42. The van der Waals surface area contributed by atoms with E-state index in [1.54, 1.807) is 0 Å². The monoisotopic (exact) mass is 307 g/mol. The molecule has 1 aromatic heterocycles. The van der Waals surface area contributed by atoms with E-state index in [9.17, 15) is 18.3 Å². The predicted octanol–water partition coefficient (Wildman–Crippen LogP) is 4.78. The van der Waals surface area contributed by atoms with E-state index in [4.69, 9.17) is 23.2 Å². The third kappa shape index (κ3) is 2.77. The topological polar surface area (TPSA) is 33.1 Å². The summed E-state index contributed by atoms with van der Waals surface area (Å²) in [6, 6.07) is 4.90. The molecule has 0 aliphatic heterocycles. The molecule has 0 unspecified atom stereocenters. The molecule has 0 amide bonds. The summed E-state index contributed by atoms with van der Waals surface area (Å²) in [5.41, 5.74) is -1.23. The summed E-state index contributed by atoms with van der Waals surface area (Å²) in [5, 5.41) is 10.1.